The third-order valence-electron chi connectivity index (χ3n) is 3.67. The highest BCUT2D eigenvalue weighted by molar-refractivity contribution is 5.81. The molecule has 0 spiro atoms. The lowest BCUT2D eigenvalue weighted by atomic mass is 9.89. The van der Waals surface area contributed by atoms with Crippen molar-refractivity contribution in [2.45, 2.75) is 18.8 Å². The number of hydrogen-bond donors (Lipinski definition) is 0. The van der Waals surface area contributed by atoms with Gasteiger partial charge in [0.1, 0.15) is 5.58 Å². The lowest BCUT2D eigenvalue weighted by Crippen LogP contribution is -2.29. The Labute approximate surface area is 95.9 Å². The van der Waals surface area contributed by atoms with Gasteiger partial charge >= 0.3 is 0 Å². The maximum atomic E-state index is 5.62. The zero-order valence-corrected chi connectivity index (χ0v) is 9.65. The minimum atomic E-state index is 0.680. The Hall–Kier alpha value is -1.28. The molecule has 1 fully saturated rings. The maximum Gasteiger partial charge on any atom is 0.134 e. The van der Waals surface area contributed by atoms with Crippen LogP contribution in [0.1, 0.15) is 24.3 Å². The molecule has 2 heteroatoms. The van der Waals surface area contributed by atoms with Gasteiger partial charge in [-0.05, 0) is 45.0 Å². The Morgan fingerprint density at radius 1 is 1.19 bits per heavy atom. The van der Waals surface area contributed by atoms with Crippen molar-refractivity contribution in [3.05, 3.63) is 36.1 Å². The molecule has 0 saturated carbocycles. The first-order valence-electron chi connectivity index (χ1n) is 5.99. The number of para-hydroxylation sites is 1. The van der Waals surface area contributed by atoms with Crippen LogP contribution >= 0.6 is 0 Å². The van der Waals surface area contributed by atoms with E-state index in [1.807, 2.05) is 18.4 Å². The molecule has 1 aromatic carbocycles. The third-order valence-corrected chi connectivity index (χ3v) is 3.67. The van der Waals surface area contributed by atoms with Crippen LogP contribution in [0.4, 0.5) is 0 Å². The van der Waals surface area contributed by atoms with Crippen molar-refractivity contribution >= 4 is 11.0 Å². The first kappa shape index (κ1) is 9.91. The van der Waals surface area contributed by atoms with Gasteiger partial charge < -0.3 is 9.32 Å². The molecule has 0 atom stereocenters. The molecular weight excluding hydrogens is 198 g/mol. The number of furan rings is 1. The van der Waals surface area contributed by atoms with Crippen LogP contribution < -0.4 is 0 Å². The summed E-state index contributed by atoms with van der Waals surface area (Å²) < 4.78 is 5.62. The van der Waals surface area contributed by atoms with Gasteiger partial charge in [-0.15, -0.1) is 0 Å². The first-order chi connectivity index (χ1) is 7.84. The van der Waals surface area contributed by atoms with Gasteiger partial charge in [0, 0.05) is 10.9 Å². The molecule has 1 aliphatic heterocycles. The smallest absolute Gasteiger partial charge is 0.134 e. The van der Waals surface area contributed by atoms with Crippen molar-refractivity contribution in [1.82, 2.24) is 4.90 Å². The van der Waals surface area contributed by atoms with E-state index < -0.39 is 0 Å². The van der Waals surface area contributed by atoms with Gasteiger partial charge in [0.05, 0.1) is 6.26 Å². The maximum absolute atomic E-state index is 5.62. The molecule has 1 saturated heterocycles. The quantitative estimate of drug-likeness (QED) is 0.726. The van der Waals surface area contributed by atoms with Crippen LogP contribution in [0.25, 0.3) is 11.0 Å². The molecule has 2 heterocycles. The number of fused-ring (bicyclic) bond motifs is 1. The van der Waals surface area contributed by atoms with Crippen LogP contribution in [0.15, 0.2) is 34.9 Å². The molecule has 16 heavy (non-hydrogen) atoms. The number of rotatable bonds is 1. The van der Waals surface area contributed by atoms with Gasteiger partial charge in [-0.1, -0.05) is 18.2 Å². The SMILES string of the molecule is CN1CCC(c2coc3ccccc23)CC1. The second-order valence-electron chi connectivity index (χ2n) is 4.76. The number of benzene rings is 1. The highest BCUT2D eigenvalue weighted by Crippen LogP contribution is 2.33. The molecule has 0 aliphatic carbocycles. The standard InChI is InChI=1S/C14H17NO/c1-15-8-6-11(7-9-15)13-10-16-14-5-3-2-4-12(13)14/h2-5,10-11H,6-9H2,1H3. The average Bonchev–Trinajstić information content (AvgIpc) is 2.74. The van der Waals surface area contributed by atoms with Gasteiger partial charge in [0.15, 0.2) is 0 Å². The van der Waals surface area contributed by atoms with Crippen LogP contribution in [0.2, 0.25) is 0 Å². The fourth-order valence-electron chi connectivity index (χ4n) is 2.63. The normalized spacial score (nSPS) is 19.3. The lowest BCUT2D eigenvalue weighted by molar-refractivity contribution is 0.255. The lowest BCUT2D eigenvalue weighted by Gasteiger charge is -2.28. The van der Waals surface area contributed by atoms with Crippen molar-refractivity contribution in [3.8, 4) is 0 Å². The van der Waals surface area contributed by atoms with Crippen LogP contribution in [-0.4, -0.2) is 25.0 Å². The molecule has 2 nitrogen and oxygen atoms in total. The van der Waals surface area contributed by atoms with E-state index in [9.17, 15) is 0 Å². The molecule has 0 amide bonds. The van der Waals surface area contributed by atoms with E-state index in [-0.39, 0.29) is 0 Å². The van der Waals surface area contributed by atoms with E-state index >= 15 is 0 Å². The second kappa shape index (κ2) is 3.95. The van der Waals surface area contributed by atoms with Crippen molar-refractivity contribution in [2.24, 2.45) is 0 Å². The van der Waals surface area contributed by atoms with E-state index in [0.717, 1.165) is 5.58 Å². The molecule has 3 rings (SSSR count). The van der Waals surface area contributed by atoms with Gasteiger partial charge in [-0.3, -0.25) is 0 Å². The molecule has 1 aliphatic rings. The Morgan fingerprint density at radius 2 is 1.94 bits per heavy atom. The minimum absolute atomic E-state index is 0.680. The van der Waals surface area contributed by atoms with Gasteiger partial charge in [0.25, 0.3) is 0 Å². The van der Waals surface area contributed by atoms with E-state index in [4.69, 9.17) is 4.42 Å². The summed E-state index contributed by atoms with van der Waals surface area (Å²) in [6.07, 6.45) is 4.46. The van der Waals surface area contributed by atoms with Crippen molar-refractivity contribution in [2.75, 3.05) is 20.1 Å². The highest BCUT2D eigenvalue weighted by Gasteiger charge is 2.21. The van der Waals surface area contributed by atoms with E-state index in [0.29, 0.717) is 5.92 Å². The Bertz CT molecular complexity index is 480. The topological polar surface area (TPSA) is 16.4 Å². The molecule has 0 radical (unpaired) electrons. The molecule has 0 N–H and O–H groups in total. The summed E-state index contributed by atoms with van der Waals surface area (Å²) in [6, 6.07) is 8.35. The van der Waals surface area contributed by atoms with Gasteiger partial charge in [-0.2, -0.15) is 0 Å². The molecular formula is C14H17NO. The van der Waals surface area contributed by atoms with E-state index in [1.54, 1.807) is 0 Å². The molecule has 1 aromatic heterocycles. The van der Waals surface area contributed by atoms with Gasteiger partial charge in [0.2, 0.25) is 0 Å². The summed E-state index contributed by atoms with van der Waals surface area (Å²) in [6.45, 7) is 2.40. The van der Waals surface area contributed by atoms with E-state index in [2.05, 4.69) is 24.1 Å². The number of likely N-dealkylation sites (tertiary alicyclic amines) is 1. The van der Waals surface area contributed by atoms with Crippen LogP contribution in [-0.2, 0) is 0 Å². The van der Waals surface area contributed by atoms with Crippen LogP contribution in [0.5, 0.6) is 0 Å². The third kappa shape index (κ3) is 1.63. The Morgan fingerprint density at radius 3 is 2.75 bits per heavy atom. The summed E-state index contributed by atoms with van der Waals surface area (Å²) in [7, 11) is 2.20. The zero-order valence-electron chi connectivity index (χ0n) is 9.65. The van der Waals surface area contributed by atoms with Crippen molar-refractivity contribution in [1.29, 1.82) is 0 Å². The number of nitrogens with zero attached hydrogens (tertiary/aromatic N) is 1. The fraction of sp³-hybridized carbons (Fsp3) is 0.429. The molecule has 0 bridgehead atoms. The van der Waals surface area contributed by atoms with Crippen molar-refractivity contribution < 1.29 is 4.42 Å². The summed E-state index contributed by atoms with van der Waals surface area (Å²) in [5.74, 6) is 0.680. The fourth-order valence-corrected chi connectivity index (χ4v) is 2.63. The monoisotopic (exact) mass is 215 g/mol. The highest BCUT2D eigenvalue weighted by atomic mass is 16.3. The zero-order chi connectivity index (χ0) is 11.0. The average molecular weight is 215 g/mol. The molecule has 2 aromatic rings. The predicted molar refractivity (Wildman–Crippen MR) is 65.7 cm³/mol. The van der Waals surface area contributed by atoms with Crippen LogP contribution in [0.3, 0.4) is 0 Å². The first-order valence-corrected chi connectivity index (χ1v) is 5.99. The molecule has 0 unspecified atom stereocenters. The second-order valence-corrected chi connectivity index (χ2v) is 4.76. The van der Waals surface area contributed by atoms with E-state index in [1.165, 1.54) is 36.9 Å². The summed E-state index contributed by atoms with van der Waals surface area (Å²) in [4.78, 5) is 2.40. The Balaban J connectivity index is 1.94. The largest absolute Gasteiger partial charge is 0.464 e. The van der Waals surface area contributed by atoms with Gasteiger partial charge in [-0.25, -0.2) is 0 Å². The van der Waals surface area contributed by atoms with Crippen molar-refractivity contribution in [3.63, 3.8) is 0 Å². The minimum Gasteiger partial charge on any atom is -0.464 e. The predicted octanol–water partition coefficient (Wildman–Crippen LogP) is 3.24. The Kier molecular flexibility index (Phi) is 2.44. The number of hydrogen-bond acceptors (Lipinski definition) is 2. The number of piperidine rings is 1. The summed E-state index contributed by atoms with van der Waals surface area (Å²) in [5.41, 5.74) is 2.43. The van der Waals surface area contributed by atoms with Crippen LogP contribution in [0, 0.1) is 0 Å². The summed E-state index contributed by atoms with van der Waals surface area (Å²) in [5, 5.41) is 1.30. The molecule has 84 valence electrons. The summed E-state index contributed by atoms with van der Waals surface area (Å²) >= 11 is 0.